The van der Waals surface area contributed by atoms with Gasteiger partial charge in [0.05, 0.1) is 42.3 Å². The van der Waals surface area contributed by atoms with Crippen molar-refractivity contribution in [2.75, 3.05) is 20.3 Å². The van der Waals surface area contributed by atoms with Crippen LogP contribution in [0.2, 0.25) is 0 Å². The highest BCUT2D eigenvalue weighted by molar-refractivity contribution is 5.98. The predicted molar refractivity (Wildman–Crippen MR) is 155 cm³/mol. The van der Waals surface area contributed by atoms with E-state index in [0.29, 0.717) is 73.9 Å². The number of hydrogen-bond acceptors (Lipinski definition) is 5. The normalized spacial score (nSPS) is 18.5. The molecule has 45 heavy (non-hydrogen) atoms. The molecule has 1 atom stereocenters. The second-order valence-electron chi connectivity index (χ2n) is 12.8. The van der Waals surface area contributed by atoms with Crippen LogP contribution in [0.4, 0.5) is 26.3 Å². The average Bonchev–Trinajstić information content (AvgIpc) is 3.34. The van der Waals surface area contributed by atoms with Crippen LogP contribution in [0.25, 0.3) is 17.1 Å². The third-order valence-corrected chi connectivity index (χ3v) is 8.30. The number of fused-ring (bicyclic) bond motifs is 3. The summed E-state index contributed by atoms with van der Waals surface area (Å²) in [6.07, 6.45) is -7.96. The third kappa shape index (κ3) is 6.85. The highest BCUT2D eigenvalue weighted by Gasteiger charge is 2.39. The molecule has 0 bridgehead atoms. The molecule has 1 saturated heterocycles. The Morgan fingerprint density at radius 1 is 0.978 bits per heavy atom. The van der Waals surface area contributed by atoms with E-state index in [2.05, 4.69) is 4.98 Å². The Morgan fingerprint density at radius 2 is 1.64 bits per heavy atom. The minimum Gasteiger partial charge on any atom is -0.493 e. The topological polar surface area (TPSA) is 62.6 Å². The zero-order valence-electron chi connectivity index (χ0n) is 25.8. The van der Waals surface area contributed by atoms with Crippen LogP contribution in [-0.2, 0) is 29.9 Å². The van der Waals surface area contributed by atoms with Crippen molar-refractivity contribution in [1.29, 1.82) is 0 Å². The fourth-order valence-electron chi connectivity index (χ4n) is 5.99. The van der Waals surface area contributed by atoms with Crippen molar-refractivity contribution in [3.05, 3.63) is 58.4 Å². The molecule has 3 heterocycles. The number of aryl methyl sites for hydroxylation is 1. The van der Waals surface area contributed by atoms with Crippen LogP contribution in [0, 0.1) is 11.3 Å². The second kappa shape index (κ2) is 12.0. The minimum absolute atomic E-state index is 0.0483. The number of nitrogens with zero attached hydrogens (tertiary/aromatic N) is 2. The first-order valence-electron chi connectivity index (χ1n) is 14.9. The van der Waals surface area contributed by atoms with Crippen molar-refractivity contribution in [1.82, 2.24) is 9.55 Å². The number of carbonyl (C=O) groups excluding carboxylic acids is 1. The van der Waals surface area contributed by atoms with Gasteiger partial charge >= 0.3 is 12.4 Å². The fourth-order valence-corrected chi connectivity index (χ4v) is 5.99. The summed E-state index contributed by atoms with van der Waals surface area (Å²) in [7, 11) is 1.48. The zero-order valence-corrected chi connectivity index (χ0v) is 25.8. The summed E-state index contributed by atoms with van der Waals surface area (Å²) in [5.74, 6) is -0.189. The minimum atomic E-state index is -5.05. The highest BCUT2D eigenvalue weighted by Crippen LogP contribution is 2.43. The Labute approximate surface area is 257 Å². The lowest BCUT2D eigenvalue weighted by molar-refractivity contribution is -0.143. The summed E-state index contributed by atoms with van der Waals surface area (Å²) in [5, 5.41) is 0. The lowest BCUT2D eigenvalue weighted by Gasteiger charge is -2.30. The summed E-state index contributed by atoms with van der Waals surface area (Å²) in [5.41, 5.74) is -1.86. The monoisotopic (exact) mass is 638 g/mol. The number of alkyl halides is 6. The van der Waals surface area contributed by atoms with E-state index in [1.165, 1.54) is 11.7 Å². The molecule has 1 unspecified atom stereocenters. The van der Waals surface area contributed by atoms with Crippen molar-refractivity contribution < 1.29 is 45.3 Å². The average molecular weight is 639 g/mol. The van der Waals surface area contributed by atoms with Crippen molar-refractivity contribution in [2.24, 2.45) is 11.3 Å². The van der Waals surface area contributed by atoms with Gasteiger partial charge in [0.1, 0.15) is 11.5 Å². The Hall–Kier alpha value is -3.54. The predicted octanol–water partition coefficient (Wildman–Crippen LogP) is 8.50. The molecular weight excluding hydrogens is 602 g/mol. The molecule has 3 aromatic rings. The Bertz CT molecular complexity index is 1560. The Morgan fingerprint density at radius 3 is 2.24 bits per heavy atom. The Balaban J connectivity index is 1.75. The first-order chi connectivity index (χ1) is 21.0. The number of ether oxygens (including phenoxy) is 3. The maximum absolute atomic E-state index is 14.1. The summed E-state index contributed by atoms with van der Waals surface area (Å²) in [6, 6.07) is 4.76. The molecule has 0 radical (unpaired) electrons. The second-order valence-corrected chi connectivity index (χ2v) is 12.8. The van der Waals surface area contributed by atoms with Crippen LogP contribution in [0.5, 0.6) is 11.5 Å². The smallest absolute Gasteiger partial charge is 0.416 e. The van der Waals surface area contributed by atoms with E-state index >= 15 is 0 Å². The zero-order chi connectivity index (χ0) is 32.9. The standard InChI is InChI=1S/C33H36F6N2O4/c1-18(2)45-27-16-25-20(14-26(27)43-5)6-7-24-28(29(42)19-8-10-31(3,4)17-44-11-9-19)40-30(41(24)25)21-12-22(32(34,35)36)15-23(13-21)33(37,38)39/h12-16,18-19H,6-11,17H2,1-5H3. The van der Waals surface area contributed by atoms with Gasteiger partial charge in [-0.3, -0.25) is 9.36 Å². The van der Waals surface area contributed by atoms with Gasteiger partial charge in [-0.25, -0.2) is 4.98 Å². The quantitative estimate of drug-likeness (QED) is 0.200. The van der Waals surface area contributed by atoms with Gasteiger partial charge in [-0.05, 0) is 81.2 Å². The third-order valence-electron chi connectivity index (χ3n) is 8.30. The van der Waals surface area contributed by atoms with Crippen LogP contribution in [0.1, 0.15) is 79.8 Å². The molecule has 0 saturated carbocycles. The van der Waals surface area contributed by atoms with Gasteiger partial charge in [0, 0.05) is 24.2 Å². The summed E-state index contributed by atoms with van der Waals surface area (Å²) in [4.78, 5) is 18.7. The van der Waals surface area contributed by atoms with Crippen LogP contribution in [-0.4, -0.2) is 41.8 Å². The molecule has 5 rings (SSSR count). The molecular formula is C33H36F6N2O4. The van der Waals surface area contributed by atoms with E-state index in [4.69, 9.17) is 14.2 Å². The van der Waals surface area contributed by atoms with Gasteiger partial charge in [-0.1, -0.05) is 13.8 Å². The largest absolute Gasteiger partial charge is 0.493 e. The van der Waals surface area contributed by atoms with E-state index in [1.54, 1.807) is 12.1 Å². The van der Waals surface area contributed by atoms with E-state index < -0.39 is 35.0 Å². The van der Waals surface area contributed by atoms with Crippen molar-refractivity contribution in [3.8, 4) is 28.6 Å². The molecule has 2 aliphatic heterocycles. The Kier molecular flexibility index (Phi) is 8.76. The number of benzene rings is 2. The van der Waals surface area contributed by atoms with Crippen molar-refractivity contribution in [2.45, 2.75) is 78.3 Å². The number of methoxy groups -OCH3 is 1. The van der Waals surface area contributed by atoms with Gasteiger partial charge in [0.15, 0.2) is 17.3 Å². The molecule has 0 N–H and O–H groups in total. The molecule has 1 aromatic heterocycles. The maximum Gasteiger partial charge on any atom is 0.416 e. The molecule has 2 aliphatic rings. The number of halogens is 6. The van der Waals surface area contributed by atoms with E-state index in [9.17, 15) is 31.1 Å². The van der Waals surface area contributed by atoms with Crippen LogP contribution >= 0.6 is 0 Å². The molecule has 6 nitrogen and oxygen atoms in total. The number of rotatable bonds is 6. The molecule has 244 valence electrons. The number of Topliss-reactive ketones (excluding diaryl/α,β-unsaturated/α-hetero) is 1. The molecule has 0 aliphatic carbocycles. The van der Waals surface area contributed by atoms with Crippen LogP contribution in [0.3, 0.4) is 0 Å². The summed E-state index contributed by atoms with van der Waals surface area (Å²) >= 11 is 0. The van der Waals surface area contributed by atoms with Crippen LogP contribution < -0.4 is 9.47 Å². The first kappa shape index (κ1) is 32.8. The maximum atomic E-state index is 14.1. The lowest BCUT2D eigenvalue weighted by Crippen LogP contribution is -2.28. The van der Waals surface area contributed by atoms with Gasteiger partial charge in [0.25, 0.3) is 0 Å². The van der Waals surface area contributed by atoms with Gasteiger partial charge in [-0.15, -0.1) is 0 Å². The van der Waals surface area contributed by atoms with E-state index in [0.717, 1.165) is 5.56 Å². The molecule has 12 heteroatoms. The highest BCUT2D eigenvalue weighted by atomic mass is 19.4. The van der Waals surface area contributed by atoms with Crippen LogP contribution in [0.15, 0.2) is 30.3 Å². The van der Waals surface area contributed by atoms with E-state index in [1.807, 2.05) is 27.7 Å². The van der Waals surface area contributed by atoms with Gasteiger partial charge in [-0.2, -0.15) is 26.3 Å². The number of carbonyl (C=O) groups is 1. The first-order valence-corrected chi connectivity index (χ1v) is 14.9. The number of imidazole rings is 1. The SMILES string of the molecule is COc1cc2c(cc1OC(C)C)-n1c(-c3cc(C(F)(F)F)cc(C(F)(F)F)c3)nc(C(=O)C3CCOCC(C)(C)CC3)c1CC2. The number of hydrogen-bond donors (Lipinski definition) is 0. The summed E-state index contributed by atoms with van der Waals surface area (Å²) < 4.78 is 102. The van der Waals surface area contributed by atoms with Gasteiger partial charge < -0.3 is 14.2 Å². The summed E-state index contributed by atoms with van der Waals surface area (Å²) in [6.45, 7) is 8.62. The van der Waals surface area contributed by atoms with E-state index in [-0.39, 0.29) is 41.3 Å². The fraction of sp³-hybridized carbons (Fsp3) is 0.515. The molecule has 1 fully saturated rings. The number of aromatic nitrogens is 2. The molecule has 0 spiro atoms. The van der Waals surface area contributed by atoms with Crippen molar-refractivity contribution in [3.63, 3.8) is 0 Å². The van der Waals surface area contributed by atoms with Crippen molar-refractivity contribution >= 4 is 5.78 Å². The molecule has 0 amide bonds. The van der Waals surface area contributed by atoms with Gasteiger partial charge in [0.2, 0.25) is 0 Å². The lowest BCUT2D eigenvalue weighted by atomic mass is 9.81. The number of ketones is 1. The molecule has 2 aromatic carbocycles.